The van der Waals surface area contributed by atoms with Gasteiger partial charge in [-0.05, 0) is 51.3 Å². The normalized spacial score (nSPS) is 11.3. The summed E-state index contributed by atoms with van der Waals surface area (Å²) >= 11 is 15.0. The first-order valence-electron chi connectivity index (χ1n) is 8.25. The minimum Gasteiger partial charge on any atom is -0.494 e. The summed E-state index contributed by atoms with van der Waals surface area (Å²) in [5.41, 5.74) is 0.666. The number of anilines is 1. The molecule has 5 nitrogen and oxygen atoms in total. The first-order valence-corrected chi connectivity index (χ1v) is 10.6. The molecule has 0 aliphatic rings. The molecule has 1 amide bonds. The van der Waals surface area contributed by atoms with Gasteiger partial charge in [-0.2, -0.15) is 0 Å². The van der Waals surface area contributed by atoms with Gasteiger partial charge >= 0.3 is 0 Å². The van der Waals surface area contributed by atoms with Gasteiger partial charge in [-0.1, -0.05) is 34.5 Å². The zero-order chi connectivity index (χ0) is 19.6. The van der Waals surface area contributed by atoms with Gasteiger partial charge in [0.25, 0.3) is 5.91 Å². The number of thiazole rings is 1. The van der Waals surface area contributed by atoms with Crippen LogP contribution in [0.1, 0.15) is 16.1 Å². The number of hydrogen-bond donors (Lipinski definition) is 0. The maximum Gasteiger partial charge on any atom is 0.270 e. The van der Waals surface area contributed by atoms with Gasteiger partial charge < -0.3 is 9.64 Å². The van der Waals surface area contributed by atoms with Crippen LogP contribution in [0.3, 0.4) is 0 Å². The lowest BCUT2D eigenvalue weighted by Gasteiger charge is -2.20. The third kappa shape index (κ3) is 4.55. The van der Waals surface area contributed by atoms with Crippen LogP contribution in [0.4, 0.5) is 5.13 Å². The predicted molar refractivity (Wildman–Crippen MR) is 115 cm³/mol. The van der Waals surface area contributed by atoms with Crippen LogP contribution >= 0.6 is 45.9 Å². The van der Waals surface area contributed by atoms with E-state index >= 15 is 0 Å². The summed E-state index contributed by atoms with van der Waals surface area (Å²) in [6.07, 6.45) is 0.818. The number of halogens is 2. The monoisotopic (exact) mass is 443 g/mol. The molecule has 27 heavy (non-hydrogen) atoms. The summed E-state index contributed by atoms with van der Waals surface area (Å²) in [6.45, 7) is 1.41. The molecule has 0 fully saturated rings. The summed E-state index contributed by atoms with van der Waals surface area (Å²) in [4.78, 5) is 22.2. The molecule has 0 saturated heterocycles. The standard InChI is InChI=1S/C18H19Cl2N3O2S2/c1-22(2)9-4-10-23(17(24)13-7-8-14(20)26-13)18-21-15-12(25-3)6-5-11(19)16(15)27-18/h5-8H,4,9-10H2,1-3H3. The highest BCUT2D eigenvalue weighted by molar-refractivity contribution is 7.23. The van der Waals surface area contributed by atoms with Crippen LogP contribution in [0.25, 0.3) is 10.2 Å². The predicted octanol–water partition coefficient (Wildman–Crippen LogP) is 5.27. The summed E-state index contributed by atoms with van der Waals surface area (Å²) in [7, 11) is 5.61. The highest BCUT2D eigenvalue weighted by Crippen LogP contribution is 2.39. The van der Waals surface area contributed by atoms with Gasteiger partial charge in [0.15, 0.2) is 5.13 Å². The Morgan fingerprint density at radius 1 is 1.15 bits per heavy atom. The number of benzene rings is 1. The van der Waals surface area contributed by atoms with E-state index in [4.69, 9.17) is 27.9 Å². The summed E-state index contributed by atoms with van der Waals surface area (Å²) < 4.78 is 6.79. The Morgan fingerprint density at radius 3 is 2.56 bits per heavy atom. The average molecular weight is 444 g/mol. The molecule has 0 N–H and O–H groups in total. The van der Waals surface area contributed by atoms with E-state index in [1.54, 1.807) is 36.3 Å². The third-order valence-electron chi connectivity index (χ3n) is 3.91. The van der Waals surface area contributed by atoms with Crippen molar-refractivity contribution >= 4 is 67.1 Å². The second kappa shape index (κ2) is 8.75. The topological polar surface area (TPSA) is 45.7 Å². The number of fused-ring (bicyclic) bond motifs is 1. The first kappa shape index (κ1) is 20.4. The van der Waals surface area contributed by atoms with E-state index in [2.05, 4.69) is 9.88 Å². The number of hydrogen-bond acceptors (Lipinski definition) is 6. The Labute approximate surface area is 176 Å². The van der Waals surface area contributed by atoms with Crippen molar-refractivity contribution in [3.8, 4) is 5.75 Å². The van der Waals surface area contributed by atoms with Crippen LogP contribution in [-0.4, -0.2) is 50.1 Å². The molecule has 0 radical (unpaired) electrons. The minimum atomic E-state index is -0.111. The van der Waals surface area contributed by atoms with Gasteiger partial charge in [0.2, 0.25) is 0 Å². The molecular formula is C18H19Cl2N3O2S2. The maximum absolute atomic E-state index is 13.1. The van der Waals surface area contributed by atoms with Crippen molar-refractivity contribution in [1.82, 2.24) is 9.88 Å². The number of aromatic nitrogens is 1. The van der Waals surface area contributed by atoms with Gasteiger partial charge in [-0.3, -0.25) is 9.69 Å². The number of carbonyl (C=O) groups excluding carboxylic acids is 1. The number of nitrogens with zero attached hydrogens (tertiary/aromatic N) is 3. The molecule has 0 atom stereocenters. The Hall–Kier alpha value is -1.38. The molecule has 0 aliphatic heterocycles. The van der Waals surface area contributed by atoms with E-state index in [0.717, 1.165) is 17.7 Å². The fraction of sp³-hybridized carbons (Fsp3) is 0.333. The zero-order valence-electron chi connectivity index (χ0n) is 15.2. The van der Waals surface area contributed by atoms with Crippen molar-refractivity contribution in [2.75, 3.05) is 39.2 Å². The largest absolute Gasteiger partial charge is 0.494 e. The molecule has 0 aliphatic carbocycles. The van der Waals surface area contributed by atoms with Crippen molar-refractivity contribution in [3.05, 3.63) is 38.5 Å². The lowest BCUT2D eigenvalue weighted by molar-refractivity contribution is 0.0990. The minimum absolute atomic E-state index is 0.111. The maximum atomic E-state index is 13.1. The van der Waals surface area contributed by atoms with E-state index in [0.29, 0.717) is 37.2 Å². The molecule has 0 unspecified atom stereocenters. The first-order chi connectivity index (χ1) is 12.9. The van der Waals surface area contributed by atoms with Crippen LogP contribution < -0.4 is 9.64 Å². The second-order valence-electron chi connectivity index (χ2n) is 6.14. The Kier molecular flexibility index (Phi) is 6.60. The number of carbonyl (C=O) groups is 1. The Bertz CT molecular complexity index is 955. The fourth-order valence-corrected chi connectivity index (χ4v) is 4.89. The SMILES string of the molecule is COc1ccc(Cl)c2sc(N(CCCN(C)C)C(=O)c3ccc(Cl)s3)nc12. The molecule has 0 bridgehead atoms. The smallest absolute Gasteiger partial charge is 0.270 e. The van der Waals surface area contributed by atoms with Crippen LogP contribution in [0, 0.1) is 0 Å². The number of methoxy groups -OCH3 is 1. The third-order valence-corrected chi connectivity index (χ3v) is 6.67. The second-order valence-corrected chi connectivity index (χ2v) is 9.24. The molecule has 2 heterocycles. The average Bonchev–Trinajstić information content (AvgIpc) is 3.25. The van der Waals surface area contributed by atoms with Crippen molar-refractivity contribution < 1.29 is 9.53 Å². The van der Waals surface area contributed by atoms with Crippen molar-refractivity contribution in [1.29, 1.82) is 0 Å². The fourth-order valence-electron chi connectivity index (χ4n) is 2.61. The van der Waals surface area contributed by atoms with Crippen LogP contribution in [-0.2, 0) is 0 Å². The molecular weight excluding hydrogens is 425 g/mol. The number of ether oxygens (including phenoxy) is 1. The Balaban J connectivity index is 2.00. The van der Waals surface area contributed by atoms with E-state index in [-0.39, 0.29) is 5.91 Å². The van der Waals surface area contributed by atoms with Gasteiger partial charge in [0, 0.05) is 6.54 Å². The molecule has 0 saturated carbocycles. The summed E-state index contributed by atoms with van der Waals surface area (Å²) in [5, 5.41) is 1.19. The molecule has 2 aromatic heterocycles. The molecule has 0 spiro atoms. The Morgan fingerprint density at radius 2 is 1.93 bits per heavy atom. The lowest BCUT2D eigenvalue weighted by atomic mass is 10.3. The van der Waals surface area contributed by atoms with E-state index < -0.39 is 0 Å². The number of thiophene rings is 1. The molecule has 144 valence electrons. The van der Waals surface area contributed by atoms with Crippen molar-refractivity contribution in [2.24, 2.45) is 0 Å². The number of amides is 1. The molecule has 3 aromatic rings. The summed E-state index contributed by atoms with van der Waals surface area (Å²) in [6, 6.07) is 7.04. The van der Waals surface area contributed by atoms with Gasteiger partial charge in [-0.15, -0.1) is 11.3 Å². The lowest BCUT2D eigenvalue weighted by Crippen LogP contribution is -2.32. The molecule has 1 aromatic carbocycles. The quantitative estimate of drug-likeness (QED) is 0.498. The van der Waals surface area contributed by atoms with Crippen LogP contribution in [0.2, 0.25) is 9.36 Å². The van der Waals surface area contributed by atoms with Crippen LogP contribution in [0.5, 0.6) is 5.75 Å². The molecule has 9 heteroatoms. The van der Waals surface area contributed by atoms with Gasteiger partial charge in [0.05, 0.1) is 26.0 Å². The zero-order valence-corrected chi connectivity index (χ0v) is 18.3. The van der Waals surface area contributed by atoms with E-state index in [1.165, 1.54) is 22.7 Å². The number of rotatable bonds is 7. The molecule has 3 rings (SSSR count). The highest BCUT2D eigenvalue weighted by Gasteiger charge is 2.24. The van der Waals surface area contributed by atoms with E-state index in [1.807, 2.05) is 14.1 Å². The summed E-state index contributed by atoms with van der Waals surface area (Å²) in [5.74, 6) is 0.525. The van der Waals surface area contributed by atoms with Crippen molar-refractivity contribution in [3.63, 3.8) is 0 Å². The van der Waals surface area contributed by atoms with Crippen LogP contribution in [0.15, 0.2) is 24.3 Å². The van der Waals surface area contributed by atoms with Gasteiger partial charge in [0.1, 0.15) is 11.3 Å². The van der Waals surface area contributed by atoms with E-state index in [9.17, 15) is 4.79 Å². The highest BCUT2D eigenvalue weighted by atomic mass is 35.5. The van der Waals surface area contributed by atoms with Crippen molar-refractivity contribution in [2.45, 2.75) is 6.42 Å². The van der Waals surface area contributed by atoms with Gasteiger partial charge in [-0.25, -0.2) is 4.98 Å².